The summed E-state index contributed by atoms with van der Waals surface area (Å²) in [6, 6.07) is 15.8. The molecule has 3 fully saturated rings. The molecule has 2 saturated carbocycles. The summed E-state index contributed by atoms with van der Waals surface area (Å²) in [4.78, 5) is 19.1. The molecule has 0 aromatic heterocycles. The fourth-order valence-electron chi connectivity index (χ4n) is 10.3. The average Bonchev–Trinajstić information content (AvgIpc) is 3.69. The number of amides is 1. The summed E-state index contributed by atoms with van der Waals surface area (Å²) in [5.41, 5.74) is 4.22. The Morgan fingerprint density at radius 1 is 1.00 bits per heavy atom. The van der Waals surface area contributed by atoms with Crippen LogP contribution >= 0.6 is 0 Å². The normalized spacial score (nSPS) is 29.6. The minimum absolute atomic E-state index is 0.0135. The van der Waals surface area contributed by atoms with E-state index in [2.05, 4.69) is 59.2 Å². The second kappa shape index (κ2) is 15.1. The zero-order valence-electron chi connectivity index (χ0n) is 29.7. The molecule has 0 radical (unpaired) electrons. The number of aliphatic hydroxyl groups excluding tert-OH is 1. The van der Waals surface area contributed by atoms with E-state index >= 15 is 0 Å². The standard InChI is InChI=1S/C42H60N2O4/c1-3-4-25-44(38(46)19-15-10-8-6-5-7-9-12-16-30-17-13-11-14-18-30)34-22-21-33-35-27-31-20-23-37(47-2)40-39(31)42(33,41(34)48-40)24-26-43(35)29-32-28-36(32)45/h11,13-14,17-18,20,23,32-36,41,45H,3-10,12,15-16,19,21-22,24-29H2,1-2H3/t32?,33-,34-,35+,36?,41-,42-/m0/s1. The number of hydrogen-bond donors (Lipinski definition) is 1. The van der Waals surface area contributed by atoms with Gasteiger partial charge in [0.1, 0.15) is 6.10 Å². The van der Waals surface area contributed by atoms with E-state index in [0.717, 1.165) is 88.9 Å². The molecule has 1 spiro atoms. The van der Waals surface area contributed by atoms with E-state index in [1.54, 1.807) is 7.11 Å². The molecule has 2 unspecified atom stereocenters. The van der Waals surface area contributed by atoms with Gasteiger partial charge in [-0.3, -0.25) is 9.69 Å². The molecule has 1 saturated heterocycles. The van der Waals surface area contributed by atoms with Crippen LogP contribution in [-0.2, 0) is 23.1 Å². The maximum Gasteiger partial charge on any atom is 0.222 e. The first kappa shape index (κ1) is 33.9. The maximum absolute atomic E-state index is 14.1. The quantitative estimate of drug-likeness (QED) is 0.166. The molecule has 3 aliphatic carbocycles. The number of aryl methyl sites for hydroxylation is 1. The Morgan fingerprint density at radius 3 is 2.48 bits per heavy atom. The van der Waals surface area contributed by atoms with Crippen LogP contribution in [0, 0.1) is 11.8 Å². The fourth-order valence-corrected chi connectivity index (χ4v) is 10.3. The van der Waals surface area contributed by atoms with Gasteiger partial charge in [-0.1, -0.05) is 88.3 Å². The molecule has 6 heteroatoms. The molecule has 6 nitrogen and oxygen atoms in total. The molecular formula is C42H60N2O4. The van der Waals surface area contributed by atoms with Crippen LogP contribution in [0.25, 0.3) is 0 Å². The van der Waals surface area contributed by atoms with Crippen LogP contribution in [0.1, 0.15) is 120 Å². The van der Waals surface area contributed by atoms with Gasteiger partial charge in [-0.05, 0) is 87.4 Å². The lowest BCUT2D eigenvalue weighted by Crippen LogP contribution is -2.69. The molecule has 5 aliphatic rings. The van der Waals surface area contributed by atoms with Crippen molar-refractivity contribution in [3.63, 3.8) is 0 Å². The van der Waals surface area contributed by atoms with Gasteiger partial charge < -0.3 is 19.5 Å². The predicted molar refractivity (Wildman–Crippen MR) is 192 cm³/mol. The molecule has 7 rings (SSSR count). The summed E-state index contributed by atoms with van der Waals surface area (Å²) in [5.74, 6) is 3.10. The smallest absolute Gasteiger partial charge is 0.222 e. The van der Waals surface area contributed by atoms with Crippen molar-refractivity contribution in [2.75, 3.05) is 26.7 Å². The summed E-state index contributed by atoms with van der Waals surface area (Å²) in [6.07, 6.45) is 18.9. The third-order valence-corrected chi connectivity index (χ3v) is 12.9. The monoisotopic (exact) mass is 656 g/mol. The molecular weight excluding hydrogens is 596 g/mol. The largest absolute Gasteiger partial charge is 0.493 e. The number of hydrogen-bond acceptors (Lipinski definition) is 5. The molecule has 2 heterocycles. The molecule has 1 amide bonds. The highest BCUT2D eigenvalue weighted by molar-refractivity contribution is 5.77. The fraction of sp³-hybridized carbons (Fsp3) is 0.690. The van der Waals surface area contributed by atoms with E-state index in [-0.39, 0.29) is 23.7 Å². The Hall–Kier alpha value is -2.57. The van der Waals surface area contributed by atoms with E-state index in [1.807, 2.05) is 0 Å². The first-order valence-electron chi connectivity index (χ1n) is 19.7. The van der Waals surface area contributed by atoms with Crippen molar-refractivity contribution < 1.29 is 19.4 Å². The number of piperidine rings is 1. The predicted octanol–water partition coefficient (Wildman–Crippen LogP) is 7.87. The van der Waals surface area contributed by atoms with Gasteiger partial charge in [0.05, 0.1) is 19.3 Å². The number of nitrogens with zero attached hydrogens (tertiary/aromatic N) is 2. The summed E-state index contributed by atoms with van der Waals surface area (Å²) >= 11 is 0. The second-order valence-corrected chi connectivity index (χ2v) is 15.8. The van der Waals surface area contributed by atoms with Crippen LogP contribution in [0.2, 0.25) is 0 Å². The van der Waals surface area contributed by atoms with Gasteiger partial charge in [-0.25, -0.2) is 0 Å². The summed E-state index contributed by atoms with van der Waals surface area (Å²) in [7, 11) is 1.76. The molecule has 2 bridgehead atoms. The average molecular weight is 657 g/mol. The van der Waals surface area contributed by atoms with E-state index in [0.29, 0.717) is 30.2 Å². The van der Waals surface area contributed by atoms with Crippen molar-refractivity contribution >= 4 is 5.91 Å². The van der Waals surface area contributed by atoms with Crippen LogP contribution in [0.5, 0.6) is 11.5 Å². The number of rotatable bonds is 18. The zero-order chi connectivity index (χ0) is 33.1. The minimum Gasteiger partial charge on any atom is -0.493 e. The van der Waals surface area contributed by atoms with Crippen LogP contribution in [-0.4, -0.2) is 71.8 Å². The Bertz CT molecular complexity index is 1380. The van der Waals surface area contributed by atoms with Crippen LogP contribution < -0.4 is 9.47 Å². The molecule has 262 valence electrons. The first-order chi connectivity index (χ1) is 23.5. The molecule has 48 heavy (non-hydrogen) atoms. The van der Waals surface area contributed by atoms with Crippen molar-refractivity contribution in [3.05, 3.63) is 59.2 Å². The zero-order valence-corrected chi connectivity index (χ0v) is 29.7. The van der Waals surface area contributed by atoms with Gasteiger partial charge in [0, 0.05) is 42.4 Å². The van der Waals surface area contributed by atoms with E-state index < -0.39 is 0 Å². The number of carbonyl (C=O) groups excluding carboxylic acids is 1. The lowest BCUT2D eigenvalue weighted by molar-refractivity contribution is -0.143. The second-order valence-electron chi connectivity index (χ2n) is 15.8. The Labute approximate surface area is 289 Å². The van der Waals surface area contributed by atoms with Crippen molar-refractivity contribution in [3.8, 4) is 11.5 Å². The molecule has 2 aromatic carbocycles. The summed E-state index contributed by atoms with van der Waals surface area (Å²) in [6.45, 7) is 5.13. The number of likely N-dealkylation sites (tertiary alicyclic amines) is 1. The van der Waals surface area contributed by atoms with E-state index in [1.165, 1.54) is 61.6 Å². The van der Waals surface area contributed by atoms with Gasteiger partial charge in [0.15, 0.2) is 11.5 Å². The van der Waals surface area contributed by atoms with Gasteiger partial charge in [0.25, 0.3) is 0 Å². The van der Waals surface area contributed by atoms with Crippen LogP contribution in [0.15, 0.2) is 42.5 Å². The molecule has 7 atom stereocenters. The lowest BCUT2D eigenvalue weighted by atomic mass is 9.51. The first-order valence-corrected chi connectivity index (χ1v) is 19.7. The number of ether oxygens (including phenoxy) is 2. The van der Waals surface area contributed by atoms with Crippen molar-refractivity contribution in [2.45, 2.75) is 146 Å². The number of unbranched alkanes of at least 4 members (excludes halogenated alkanes) is 8. The number of methoxy groups -OCH3 is 1. The number of benzene rings is 2. The van der Waals surface area contributed by atoms with Crippen LogP contribution in [0.4, 0.5) is 0 Å². The Balaban J connectivity index is 0.973. The maximum atomic E-state index is 14.1. The van der Waals surface area contributed by atoms with Crippen molar-refractivity contribution in [1.29, 1.82) is 0 Å². The van der Waals surface area contributed by atoms with E-state index in [9.17, 15) is 9.90 Å². The molecule has 2 aromatic rings. The highest BCUT2D eigenvalue weighted by atomic mass is 16.5. The molecule has 2 aliphatic heterocycles. The van der Waals surface area contributed by atoms with Crippen LogP contribution in [0.3, 0.4) is 0 Å². The third-order valence-electron chi connectivity index (χ3n) is 12.9. The summed E-state index contributed by atoms with van der Waals surface area (Å²) < 4.78 is 13.0. The Kier molecular flexibility index (Phi) is 10.7. The summed E-state index contributed by atoms with van der Waals surface area (Å²) in [5, 5.41) is 10.2. The van der Waals surface area contributed by atoms with Crippen molar-refractivity contribution in [2.24, 2.45) is 11.8 Å². The van der Waals surface area contributed by atoms with Gasteiger partial charge >= 0.3 is 0 Å². The highest BCUT2D eigenvalue weighted by Crippen LogP contribution is 2.64. The van der Waals surface area contributed by atoms with Gasteiger partial charge in [-0.2, -0.15) is 0 Å². The molecule has 1 N–H and O–H groups in total. The SMILES string of the molecule is CCCCN(C(=O)CCCCCCCCCCc1ccccc1)[C@H]1CC[C@H]2[C@H]3Cc4ccc(OC)c5c4[C@@]2(CCN3CC2CC2O)[C@H]1O5. The van der Waals surface area contributed by atoms with E-state index in [4.69, 9.17) is 9.47 Å². The lowest BCUT2D eigenvalue weighted by Gasteiger charge is -2.60. The minimum atomic E-state index is -0.112. The highest BCUT2D eigenvalue weighted by Gasteiger charge is 2.67. The van der Waals surface area contributed by atoms with Crippen molar-refractivity contribution in [1.82, 2.24) is 9.80 Å². The third kappa shape index (κ3) is 6.65. The number of aliphatic hydroxyl groups is 1. The topological polar surface area (TPSA) is 62.2 Å². The van der Waals surface area contributed by atoms with Gasteiger partial charge in [-0.15, -0.1) is 0 Å². The Morgan fingerprint density at radius 2 is 1.75 bits per heavy atom. The number of carbonyl (C=O) groups is 1. The van der Waals surface area contributed by atoms with Gasteiger partial charge in [0.2, 0.25) is 5.91 Å².